The van der Waals surface area contributed by atoms with Crippen molar-refractivity contribution in [1.29, 1.82) is 0 Å². The number of carbonyl (C=O) groups is 2. The highest BCUT2D eigenvalue weighted by atomic mass is 19.1. The molecule has 0 aromatic heterocycles. The van der Waals surface area contributed by atoms with E-state index in [1.807, 2.05) is 30.3 Å². The quantitative estimate of drug-likeness (QED) is 0.801. The number of hydrogen-bond acceptors (Lipinski definition) is 3. The first kappa shape index (κ1) is 20.0. The van der Waals surface area contributed by atoms with Crippen molar-refractivity contribution in [1.82, 2.24) is 4.90 Å². The third-order valence-electron chi connectivity index (χ3n) is 5.52. The Kier molecular flexibility index (Phi) is 6.09. The number of carboxylic acids is 1. The summed E-state index contributed by atoms with van der Waals surface area (Å²) in [6.07, 6.45) is 0.745. The largest absolute Gasteiger partial charge is 0.481 e. The molecular formula is C22H24FNO4. The maximum Gasteiger partial charge on any atom is 0.314 e. The molecule has 1 heterocycles. The first-order valence-corrected chi connectivity index (χ1v) is 9.42. The monoisotopic (exact) mass is 385 g/mol. The number of nitrogens with zero attached hydrogens (tertiary/aromatic N) is 1. The number of aliphatic carboxylic acids is 1. The molecule has 2 atom stereocenters. The van der Waals surface area contributed by atoms with Crippen molar-refractivity contribution in [2.45, 2.75) is 31.8 Å². The molecule has 6 heteroatoms. The van der Waals surface area contributed by atoms with Crippen LogP contribution in [-0.2, 0) is 11.2 Å². The van der Waals surface area contributed by atoms with E-state index in [1.54, 1.807) is 0 Å². The van der Waals surface area contributed by atoms with Crippen molar-refractivity contribution < 1.29 is 24.2 Å². The van der Waals surface area contributed by atoms with Crippen molar-refractivity contribution >= 4 is 11.9 Å². The summed E-state index contributed by atoms with van der Waals surface area (Å²) in [5, 5.41) is 20.4. The van der Waals surface area contributed by atoms with E-state index in [0.717, 1.165) is 5.56 Å². The van der Waals surface area contributed by atoms with E-state index in [4.69, 9.17) is 0 Å². The normalized spacial score (nSPS) is 22.1. The lowest BCUT2D eigenvalue weighted by Crippen LogP contribution is -2.57. The Morgan fingerprint density at radius 2 is 1.79 bits per heavy atom. The summed E-state index contributed by atoms with van der Waals surface area (Å²) < 4.78 is 13.1. The van der Waals surface area contributed by atoms with Gasteiger partial charge in [0.05, 0.1) is 6.10 Å². The van der Waals surface area contributed by atoms with Crippen molar-refractivity contribution in [2.24, 2.45) is 5.41 Å². The molecule has 148 valence electrons. The molecule has 1 saturated heterocycles. The molecular weight excluding hydrogens is 361 g/mol. The van der Waals surface area contributed by atoms with Crippen molar-refractivity contribution in [3.8, 4) is 0 Å². The molecule has 0 aliphatic carbocycles. The fourth-order valence-corrected chi connectivity index (χ4v) is 3.84. The molecule has 28 heavy (non-hydrogen) atoms. The average Bonchev–Trinajstić information content (AvgIpc) is 2.70. The molecule has 1 aliphatic rings. The van der Waals surface area contributed by atoms with Crippen LogP contribution in [0, 0.1) is 11.2 Å². The fourth-order valence-electron chi connectivity index (χ4n) is 3.84. The topological polar surface area (TPSA) is 77.8 Å². The lowest BCUT2D eigenvalue weighted by Gasteiger charge is -2.43. The Morgan fingerprint density at radius 1 is 1.11 bits per heavy atom. The van der Waals surface area contributed by atoms with Gasteiger partial charge in [0.25, 0.3) is 5.91 Å². The van der Waals surface area contributed by atoms with E-state index in [2.05, 4.69) is 0 Å². The standard InChI is InChI=1S/C22H24FNO4/c23-18-10-8-17(9-11-18)20(26)24-14-12-19(25)22(15-24,21(27)28)13-4-7-16-5-2-1-3-6-16/h1-3,5-6,8-11,19,25H,4,7,12-15H2,(H,27,28)/t19-,22-/m1/s1. The molecule has 0 saturated carbocycles. The highest BCUT2D eigenvalue weighted by Crippen LogP contribution is 2.36. The van der Waals surface area contributed by atoms with Gasteiger partial charge in [-0.2, -0.15) is 0 Å². The van der Waals surface area contributed by atoms with Crippen LogP contribution < -0.4 is 0 Å². The minimum atomic E-state index is -1.40. The summed E-state index contributed by atoms with van der Waals surface area (Å²) in [6.45, 7) is 0.208. The van der Waals surface area contributed by atoms with Crippen LogP contribution in [0.4, 0.5) is 4.39 Å². The zero-order valence-corrected chi connectivity index (χ0v) is 15.6. The number of halogens is 1. The van der Waals surface area contributed by atoms with Crippen molar-refractivity contribution in [2.75, 3.05) is 13.1 Å². The lowest BCUT2D eigenvalue weighted by molar-refractivity contribution is -0.162. The number of carboxylic acid groups (broad SMARTS) is 1. The molecule has 1 fully saturated rings. The number of piperidine rings is 1. The Labute approximate surface area is 163 Å². The van der Waals surface area contributed by atoms with Crippen LogP contribution in [-0.4, -0.2) is 46.2 Å². The van der Waals surface area contributed by atoms with Gasteiger partial charge >= 0.3 is 5.97 Å². The highest BCUT2D eigenvalue weighted by molar-refractivity contribution is 5.94. The van der Waals surface area contributed by atoms with Gasteiger partial charge in [-0.3, -0.25) is 9.59 Å². The molecule has 1 aliphatic heterocycles. The van der Waals surface area contributed by atoms with Crippen LogP contribution in [0.15, 0.2) is 54.6 Å². The zero-order valence-electron chi connectivity index (χ0n) is 15.6. The van der Waals surface area contributed by atoms with Gasteiger partial charge in [0.15, 0.2) is 0 Å². The molecule has 5 nitrogen and oxygen atoms in total. The van der Waals surface area contributed by atoms with E-state index in [1.165, 1.54) is 29.2 Å². The first-order valence-electron chi connectivity index (χ1n) is 9.42. The average molecular weight is 385 g/mol. The second-order valence-electron chi connectivity index (χ2n) is 7.34. The van der Waals surface area contributed by atoms with Crippen LogP contribution in [0.3, 0.4) is 0 Å². The van der Waals surface area contributed by atoms with Gasteiger partial charge in [0, 0.05) is 18.7 Å². The molecule has 2 aromatic rings. The van der Waals surface area contributed by atoms with E-state index < -0.39 is 23.3 Å². The maximum atomic E-state index is 13.1. The maximum absolute atomic E-state index is 13.1. The smallest absolute Gasteiger partial charge is 0.314 e. The number of aryl methyl sites for hydroxylation is 1. The molecule has 0 unspecified atom stereocenters. The van der Waals surface area contributed by atoms with E-state index in [0.29, 0.717) is 18.4 Å². The Balaban J connectivity index is 1.74. The molecule has 0 radical (unpaired) electrons. The number of aliphatic hydroxyl groups is 1. The zero-order chi connectivity index (χ0) is 20.1. The second kappa shape index (κ2) is 8.52. The number of benzene rings is 2. The number of hydrogen-bond donors (Lipinski definition) is 2. The number of amides is 1. The summed E-state index contributed by atoms with van der Waals surface area (Å²) in [5.74, 6) is -1.88. The third-order valence-corrected chi connectivity index (χ3v) is 5.52. The van der Waals surface area contributed by atoms with Crippen LogP contribution in [0.2, 0.25) is 0 Å². The van der Waals surface area contributed by atoms with Gasteiger partial charge in [0.1, 0.15) is 11.2 Å². The molecule has 2 N–H and O–H groups in total. The van der Waals surface area contributed by atoms with Gasteiger partial charge in [-0.25, -0.2) is 4.39 Å². The number of rotatable bonds is 6. The summed E-state index contributed by atoms with van der Waals surface area (Å²) >= 11 is 0. The fraction of sp³-hybridized carbons (Fsp3) is 0.364. The Hall–Kier alpha value is -2.73. The van der Waals surface area contributed by atoms with E-state index in [-0.39, 0.29) is 31.8 Å². The van der Waals surface area contributed by atoms with Crippen LogP contribution in [0.5, 0.6) is 0 Å². The SMILES string of the molecule is O=C(c1ccc(F)cc1)N1CC[C@@H](O)[C@](CCCc2ccccc2)(C(=O)O)C1. The van der Waals surface area contributed by atoms with Gasteiger partial charge in [-0.05, 0) is 55.5 Å². The number of carbonyl (C=O) groups excluding carboxylic acids is 1. The Bertz CT molecular complexity index is 824. The molecule has 0 spiro atoms. The number of aliphatic hydroxyl groups excluding tert-OH is 1. The summed E-state index contributed by atoms with van der Waals surface area (Å²) in [6, 6.07) is 14.9. The summed E-state index contributed by atoms with van der Waals surface area (Å²) in [7, 11) is 0. The van der Waals surface area contributed by atoms with Gasteiger partial charge in [-0.1, -0.05) is 30.3 Å². The van der Waals surface area contributed by atoms with Gasteiger partial charge in [-0.15, -0.1) is 0 Å². The predicted octanol–water partition coefficient (Wildman–Crippen LogP) is 3.13. The summed E-state index contributed by atoms with van der Waals surface area (Å²) in [4.78, 5) is 26.3. The van der Waals surface area contributed by atoms with E-state index >= 15 is 0 Å². The highest BCUT2D eigenvalue weighted by Gasteiger charge is 2.49. The second-order valence-corrected chi connectivity index (χ2v) is 7.34. The molecule has 2 aromatic carbocycles. The van der Waals surface area contributed by atoms with Crippen molar-refractivity contribution in [3.63, 3.8) is 0 Å². The van der Waals surface area contributed by atoms with Gasteiger partial charge in [0.2, 0.25) is 0 Å². The summed E-state index contributed by atoms with van der Waals surface area (Å²) in [5.41, 5.74) is 0.0110. The van der Waals surface area contributed by atoms with Gasteiger partial charge < -0.3 is 15.1 Å². The van der Waals surface area contributed by atoms with E-state index in [9.17, 15) is 24.2 Å². The van der Waals surface area contributed by atoms with Crippen LogP contribution in [0.1, 0.15) is 35.2 Å². The molecule has 0 bridgehead atoms. The van der Waals surface area contributed by atoms with Crippen LogP contribution >= 0.6 is 0 Å². The predicted molar refractivity (Wildman–Crippen MR) is 102 cm³/mol. The lowest BCUT2D eigenvalue weighted by atomic mass is 9.73. The molecule has 3 rings (SSSR count). The molecule has 1 amide bonds. The minimum absolute atomic E-state index is 0.0610. The third kappa shape index (κ3) is 4.22. The first-order chi connectivity index (χ1) is 13.4. The van der Waals surface area contributed by atoms with Crippen molar-refractivity contribution in [3.05, 3.63) is 71.5 Å². The van der Waals surface area contributed by atoms with Crippen LogP contribution in [0.25, 0.3) is 0 Å². The number of likely N-dealkylation sites (tertiary alicyclic amines) is 1. The minimum Gasteiger partial charge on any atom is -0.481 e. The Morgan fingerprint density at radius 3 is 2.43 bits per heavy atom.